The molecule has 4 aromatic rings. The molecule has 4 aromatic carbocycles. The van der Waals surface area contributed by atoms with Gasteiger partial charge in [-0.1, -0.05) is 11.8 Å². The maximum atomic E-state index is 10.9. The summed E-state index contributed by atoms with van der Waals surface area (Å²) in [5.74, 6) is 6.54. The number of carbonyl (C=O) groups is 2. The summed E-state index contributed by atoms with van der Waals surface area (Å²) in [6, 6.07) is 26.9. The van der Waals surface area contributed by atoms with Gasteiger partial charge >= 0.3 is 11.9 Å². The predicted molar refractivity (Wildman–Crippen MR) is 126 cm³/mol. The lowest BCUT2D eigenvalue weighted by molar-refractivity contribution is 0.0686. The smallest absolute Gasteiger partial charge is 0.335 e. The van der Waals surface area contributed by atoms with Crippen LogP contribution in [0.5, 0.6) is 23.0 Å². The summed E-state index contributed by atoms with van der Waals surface area (Å²) in [5, 5.41) is 17.9. The van der Waals surface area contributed by atoms with Crippen molar-refractivity contribution < 1.29 is 29.3 Å². The Balaban J connectivity index is 1.35. The van der Waals surface area contributed by atoms with Crippen molar-refractivity contribution in [1.82, 2.24) is 0 Å². The second-order valence-corrected chi connectivity index (χ2v) is 7.16. The molecule has 0 fully saturated rings. The van der Waals surface area contributed by atoms with Gasteiger partial charge in [-0.15, -0.1) is 0 Å². The molecule has 0 spiro atoms. The van der Waals surface area contributed by atoms with Crippen LogP contribution in [0.4, 0.5) is 0 Å². The highest BCUT2D eigenvalue weighted by atomic mass is 16.5. The number of hydrogen-bond acceptors (Lipinski definition) is 4. The molecule has 0 radical (unpaired) electrons. The molecule has 166 valence electrons. The molecule has 0 saturated heterocycles. The summed E-state index contributed by atoms with van der Waals surface area (Å²) in [6.07, 6.45) is 0. The minimum absolute atomic E-state index is 0.201. The van der Waals surface area contributed by atoms with Crippen molar-refractivity contribution in [2.24, 2.45) is 0 Å². The van der Waals surface area contributed by atoms with Crippen LogP contribution in [0.2, 0.25) is 0 Å². The minimum atomic E-state index is -0.982. The molecule has 6 nitrogen and oxygen atoms in total. The van der Waals surface area contributed by atoms with Gasteiger partial charge in [0.25, 0.3) is 0 Å². The summed E-state index contributed by atoms with van der Waals surface area (Å²) >= 11 is 0. The number of rotatable bonds is 6. The van der Waals surface area contributed by atoms with Gasteiger partial charge in [0.15, 0.2) is 0 Å². The predicted octanol–water partition coefficient (Wildman–Crippen LogP) is 6.07. The van der Waals surface area contributed by atoms with E-state index in [9.17, 15) is 9.59 Å². The summed E-state index contributed by atoms with van der Waals surface area (Å²) in [6.45, 7) is 0. The minimum Gasteiger partial charge on any atom is -0.478 e. The highest BCUT2D eigenvalue weighted by molar-refractivity contribution is 5.88. The van der Waals surface area contributed by atoms with E-state index in [0.717, 1.165) is 11.1 Å². The summed E-state index contributed by atoms with van der Waals surface area (Å²) < 4.78 is 11.5. The summed E-state index contributed by atoms with van der Waals surface area (Å²) in [4.78, 5) is 21.8. The second-order valence-electron chi connectivity index (χ2n) is 7.16. The lowest BCUT2D eigenvalue weighted by atomic mass is 10.1. The number of hydrogen-bond donors (Lipinski definition) is 2. The molecule has 4 rings (SSSR count). The van der Waals surface area contributed by atoms with Crippen LogP contribution in [0, 0.1) is 11.8 Å². The number of ether oxygens (including phenoxy) is 2. The molecule has 0 atom stereocenters. The molecule has 2 N–H and O–H groups in total. The number of aromatic carboxylic acids is 2. The Morgan fingerprint density at radius 1 is 0.471 bits per heavy atom. The van der Waals surface area contributed by atoms with Crippen molar-refractivity contribution in [2.75, 3.05) is 0 Å². The van der Waals surface area contributed by atoms with Crippen LogP contribution in [-0.2, 0) is 0 Å². The highest BCUT2D eigenvalue weighted by Crippen LogP contribution is 2.23. The van der Waals surface area contributed by atoms with Crippen molar-refractivity contribution >= 4 is 11.9 Å². The Labute approximate surface area is 195 Å². The van der Waals surface area contributed by atoms with Gasteiger partial charge in [-0.2, -0.15) is 0 Å². The van der Waals surface area contributed by atoms with Crippen LogP contribution in [-0.4, -0.2) is 22.2 Å². The molecule has 0 aliphatic heterocycles. The Bertz CT molecular complexity index is 1250. The zero-order valence-electron chi connectivity index (χ0n) is 17.8. The zero-order chi connectivity index (χ0) is 23.9. The monoisotopic (exact) mass is 450 g/mol. The first-order chi connectivity index (χ1) is 16.5. The van der Waals surface area contributed by atoms with E-state index in [0.29, 0.717) is 23.0 Å². The number of carboxylic acid groups (broad SMARTS) is 2. The van der Waals surface area contributed by atoms with Gasteiger partial charge in [0.2, 0.25) is 0 Å². The Hall–Kier alpha value is -5.02. The molecular weight excluding hydrogens is 432 g/mol. The molecule has 0 aliphatic rings. The Kier molecular flexibility index (Phi) is 6.57. The van der Waals surface area contributed by atoms with Gasteiger partial charge in [-0.3, -0.25) is 0 Å². The van der Waals surface area contributed by atoms with Crippen LogP contribution < -0.4 is 9.47 Å². The van der Waals surface area contributed by atoms with Crippen LogP contribution >= 0.6 is 0 Å². The van der Waals surface area contributed by atoms with Crippen molar-refractivity contribution in [1.29, 1.82) is 0 Å². The van der Waals surface area contributed by atoms with E-state index in [1.165, 1.54) is 24.3 Å². The first-order valence-corrected chi connectivity index (χ1v) is 10.2. The Morgan fingerprint density at radius 3 is 1.00 bits per heavy atom. The van der Waals surface area contributed by atoms with Crippen LogP contribution in [0.15, 0.2) is 97.1 Å². The van der Waals surface area contributed by atoms with E-state index >= 15 is 0 Å². The fourth-order valence-electron chi connectivity index (χ4n) is 2.96. The molecule has 34 heavy (non-hydrogen) atoms. The topological polar surface area (TPSA) is 93.1 Å². The third-order valence-electron chi connectivity index (χ3n) is 4.73. The van der Waals surface area contributed by atoms with Crippen molar-refractivity contribution in [3.63, 3.8) is 0 Å². The van der Waals surface area contributed by atoms with Gasteiger partial charge in [-0.05, 0) is 97.1 Å². The molecule has 0 amide bonds. The van der Waals surface area contributed by atoms with Gasteiger partial charge in [0.05, 0.1) is 11.1 Å². The van der Waals surface area contributed by atoms with Crippen molar-refractivity contribution in [3.05, 3.63) is 119 Å². The quantitative estimate of drug-likeness (QED) is 0.347. The molecule has 0 aromatic heterocycles. The Morgan fingerprint density at radius 2 is 0.735 bits per heavy atom. The first-order valence-electron chi connectivity index (χ1n) is 10.2. The third kappa shape index (κ3) is 5.81. The van der Waals surface area contributed by atoms with E-state index in [1.807, 2.05) is 24.3 Å². The van der Waals surface area contributed by atoms with Crippen LogP contribution in [0.3, 0.4) is 0 Å². The highest BCUT2D eigenvalue weighted by Gasteiger charge is 2.04. The molecule has 0 saturated carbocycles. The standard InChI is InChI=1S/C28H18O6/c29-27(30)21-7-15-25(16-8-21)33-23-11-3-19(4-12-23)1-2-20-5-13-24(14-6-20)34-26-17-9-22(10-18-26)28(31)32/h3-18H,(H,29,30)(H,31,32). The first kappa shape index (κ1) is 22.2. The average molecular weight is 450 g/mol. The van der Waals surface area contributed by atoms with Gasteiger partial charge in [0, 0.05) is 11.1 Å². The lowest BCUT2D eigenvalue weighted by Crippen LogP contribution is -1.95. The van der Waals surface area contributed by atoms with Crippen LogP contribution in [0.25, 0.3) is 0 Å². The fourth-order valence-corrected chi connectivity index (χ4v) is 2.96. The summed E-state index contributed by atoms with van der Waals surface area (Å²) in [7, 11) is 0. The summed E-state index contributed by atoms with van der Waals surface area (Å²) in [5.41, 5.74) is 2.03. The van der Waals surface area contributed by atoms with E-state index in [4.69, 9.17) is 19.7 Å². The fraction of sp³-hybridized carbons (Fsp3) is 0. The second kappa shape index (κ2) is 10.1. The average Bonchev–Trinajstić information content (AvgIpc) is 2.85. The number of benzene rings is 4. The molecule has 0 aliphatic carbocycles. The normalized spacial score (nSPS) is 10.0. The van der Waals surface area contributed by atoms with E-state index in [-0.39, 0.29) is 11.1 Å². The lowest BCUT2D eigenvalue weighted by Gasteiger charge is -2.06. The van der Waals surface area contributed by atoms with Crippen LogP contribution in [0.1, 0.15) is 31.8 Å². The van der Waals surface area contributed by atoms with Crippen molar-refractivity contribution in [3.8, 4) is 34.8 Å². The number of carboxylic acids is 2. The maximum Gasteiger partial charge on any atom is 0.335 e. The van der Waals surface area contributed by atoms with Gasteiger partial charge < -0.3 is 19.7 Å². The van der Waals surface area contributed by atoms with Crippen molar-refractivity contribution in [2.45, 2.75) is 0 Å². The molecule has 0 heterocycles. The molecule has 0 bridgehead atoms. The van der Waals surface area contributed by atoms with E-state index in [2.05, 4.69) is 11.8 Å². The molecular formula is C28H18O6. The molecule has 0 unspecified atom stereocenters. The molecule has 6 heteroatoms. The maximum absolute atomic E-state index is 10.9. The van der Waals surface area contributed by atoms with Gasteiger partial charge in [0.1, 0.15) is 23.0 Å². The van der Waals surface area contributed by atoms with E-state index < -0.39 is 11.9 Å². The zero-order valence-corrected chi connectivity index (χ0v) is 17.8. The van der Waals surface area contributed by atoms with Gasteiger partial charge in [-0.25, -0.2) is 9.59 Å². The van der Waals surface area contributed by atoms with E-state index in [1.54, 1.807) is 48.5 Å². The largest absolute Gasteiger partial charge is 0.478 e. The third-order valence-corrected chi connectivity index (χ3v) is 4.73. The SMILES string of the molecule is O=C(O)c1ccc(Oc2ccc(C#Cc3ccc(Oc4ccc(C(=O)O)cc4)cc3)cc2)cc1.